The Morgan fingerprint density at radius 1 is 1.19 bits per heavy atom. The molecule has 0 aliphatic carbocycles. The average Bonchev–Trinajstić information content (AvgIpc) is 2.89. The highest BCUT2D eigenvalue weighted by Crippen LogP contribution is 2.23. The quantitative estimate of drug-likeness (QED) is 0.646. The number of sulfonamides is 1. The van der Waals surface area contributed by atoms with Crippen LogP contribution in [0.25, 0.3) is 0 Å². The fourth-order valence-electron chi connectivity index (χ4n) is 2.38. The summed E-state index contributed by atoms with van der Waals surface area (Å²) in [6.07, 6.45) is 3.04. The SMILES string of the molecule is CCCNCc1ccc(S(=O)(=O)NC(C)C(CC)CC)s1. The molecule has 1 heterocycles. The molecule has 0 fully saturated rings. The zero-order valence-corrected chi connectivity index (χ0v) is 15.1. The smallest absolute Gasteiger partial charge is 0.250 e. The third kappa shape index (κ3) is 5.70. The van der Waals surface area contributed by atoms with Gasteiger partial charge in [0, 0.05) is 17.5 Å². The van der Waals surface area contributed by atoms with Crippen molar-refractivity contribution < 1.29 is 8.42 Å². The van der Waals surface area contributed by atoms with Crippen LogP contribution in [0.4, 0.5) is 0 Å². The summed E-state index contributed by atoms with van der Waals surface area (Å²) in [7, 11) is -3.39. The first-order valence-electron chi connectivity index (χ1n) is 7.76. The molecule has 0 aliphatic rings. The summed E-state index contributed by atoms with van der Waals surface area (Å²) < 4.78 is 28.0. The van der Waals surface area contributed by atoms with Gasteiger partial charge < -0.3 is 5.32 Å². The van der Waals surface area contributed by atoms with Crippen LogP contribution >= 0.6 is 11.3 Å². The first-order valence-corrected chi connectivity index (χ1v) is 10.1. The maximum absolute atomic E-state index is 12.4. The third-order valence-electron chi connectivity index (χ3n) is 3.72. The Morgan fingerprint density at radius 2 is 1.86 bits per heavy atom. The molecule has 21 heavy (non-hydrogen) atoms. The molecule has 0 aliphatic heterocycles. The molecule has 6 heteroatoms. The molecule has 0 saturated carbocycles. The Kier molecular flexibility index (Phi) is 7.87. The maximum atomic E-state index is 12.4. The van der Waals surface area contributed by atoms with Gasteiger partial charge in [-0.05, 0) is 37.9 Å². The maximum Gasteiger partial charge on any atom is 0.250 e. The van der Waals surface area contributed by atoms with Crippen molar-refractivity contribution in [3.8, 4) is 0 Å². The summed E-state index contributed by atoms with van der Waals surface area (Å²) in [4.78, 5) is 1.05. The second-order valence-corrected chi connectivity index (χ2v) is 8.49. The first kappa shape index (κ1) is 18.6. The highest BCUT2D eigenvalue weighted by molar-refractivity contribution is 7.91. The van der Waals surface area contributed by atoms with Crippen LogP contribution in [0.5, 0.6) is 0 Å². The predicted molar refractivity (Wildman–Crippen MR) is 90.2 cm³/mol. The molecule has 0 bridgehead atoms. The summed E-state index contributed by atoms with van der Waals surface area (Å²) >= 11 is 1.35. The lowest BCUT2D eigenvalue weighted by Crippen LogP contribution is -2.37. The van der Waals surface area contributed by atoms with Crippen molar-refractivity contribution in [1.82, 2.24) is 10.0 Å². The number of thiophene rings is 1. The number of hydrogen-bond donors (Lipinski definition) is 2. The molecular formula is C15H28N2O2S2. The van der Waals surface area contributed by atoms with Gasteiger partial charge in [-0.25, -0.2) is 13.1 Å². The summed E-state index contributed by atoms with van der Waals surface area (Å²) in [6.45, 7) is 9.94. The van der Waals surface area contributed by atoms with Gasteiger partial charge in [0.25, 0.3) is 0 Å². The fourth-order valence-corrected chi connectivity index (χ4v) is 5.04. The number of rotatable bonds is 10. The van der Waals surface area contributed by atoms with Gasteiger partial charge >= 0.3 is 0 Å². The van der Waals surface area contributed by atoms with E-state index in [-0.39, 0.29) is 6.04 Å². The molecule has 1 unspecified atom stereocenters. The zero-order chi connectivity index (χ0) is 15.9. The van der Waals surface area contributed by atoms with E-state index in [9.17, 15) is 8.42 Å². The highest BCUT2D eigenvalue weighted by atomic mass is 32.2. The Bertz CT molecular complexity index is 507. The molecular weight excluding hydrogens is 304 g/mol. The largest absolute Gasteiger partial charge is 0.312 e. The van der Waals surface area contributed by atoms with Crippen LogP contribution in [-0.4, -0.2) is 21.0 Å². The minimum absolute atomic E-state index is 0.0335. The van der Waals surface area contributed by atoms with Crippen molar-refractivity contribution >= 4 is 21.4 Å². The van der Waals surface area contributed by atoms with Crippen LogP contribution in [0.2, 0.25) is 0 Å². The van der Waals surface area contributed by atoms with Crippen molar-refractivity contribution in [3.63, 3.8) is 0 Å². The van der Waals surface area contributed by atoms with Crippen LogP contribution in [0.1, 0.15) is 51.8 Å². The van der Waals surface area contributed by atoms with E-state index in [0.717, 1.165) is 37.2 Å². The van der Waals surface area contributed by atoms with Crippen molar-refractivity contribution in [2.45, 2.75) is 63.8 Å². The molecule has 1 atom stereocenters. The molecule has 122 valence electrons. The lowest BCUT2D eigenvalue weighted by molar-refractivity contribution is 0.391. The Balaban J connectivity index is 2.70. The lowest BCUT2D eigenvalue weighted by Gasteiger charge is -2.21. The van der Waals surface area contributed by atoms with Gasteiger partial charge in [0.1, 0.15) is 4.21 Å². The predicted octanol–water partition coefficient (Wildman–Crippen LogP) is 3.35. The Labute approximate surface area is 133 Å². The summed E-state index contributed by atoms with van der Waals surface area (Å²) in [5.41, 5.74) is 0. The van der Waals surface area contributed by atoms with E-state index in [1.807, 2.05) is 13.0 Å². The van der Waals surface area contributed by atoms with Gasteiger partial charge in [-0.15, -0.1) is 11.3 Å². The molecule has 0 radical (unpaired) electrons. The topological polar surface area (TPSA) is 58.2 Å². The van der Waals surface area contributed by atoms with E-state index in [2.05, 4.69) is 30.8 Å². The Morgan fingerprint density at radius 3 is 2.43 bits per heavy atom. The molecule has 0 amide bonds. The minimum Gasteiger partial charge on any atom is -0.312 e. The van der Waals surface area contributed by atoms with Crippen LogP contribution in [0.15, 0.2) is 16.3 Å². The van der Waals surface area contributed by atoms with Crippen molar-refractivity contribution in [2.24, 2.45) is 5.92 Å². The van der Waals surface area contributed by atoms with Gasteiger partial charge in [0.05, 0.1) is 0 Å². The van der Waals surface area contributed by atoms with Crippen LogP contribution in [-0.2, 0) is 16.6 Å². The molecule has 0 aromatic carbocycles. The van der Waals surface area contributed by atoms with Crippen molar-refractivity contribution in [1.29, 1.82) is 0 Å². The van der Waals surface area contributed by atoms with Crippen LogP contribution in [0.3, 0.4) is 0 Å². The third-order valence-corrected chi connectivity index (χ3v) is 6.86. The summed E-state index contributed by atoms with van der Waals surface area (Å²) in [5, 5.41) is 3.29. The Hall–Kier alpha value is -0.430. The van der Waals surface area contributed by atoms with Crippen LogP contribution < -0.4 is 10.0 Å². The van der Waals surface area contributed by atoms with E-state index in [1.165, 1.54) is 11.3 Å². The van der Waals surface area contributed by atoms with E-state index in [1.54, 1.807) is 6.07 Å². The van der Waals surface area contributed by atoms with Gasteiger partial charge in [0.15, 0.2) is 0 Å². The average molecular weight is 333 g/mol. The van der Waals surface area contributed by atoms with E-state index in [4.69, 9.17) is 0 Å². The molecule has 0 spiro atoms. The van der Waals surface area contributed by atoms with Crippen LogP contribution in [0, 0.1) is 5.92 Å². The highest BCUT2D eigenvalue weighted by Gasteiger charge is 2.23. The second-order valence-electron chi connectivity index (χ2n) is 5.38. The van der Waals surface area contributed by atoms with E-state index < -0.39 is 10.0 Å². The monoisotopic (exact) mass is 332 g/mol. The number of hydrogen-bond acceptors (Lipinski definition) is 4. The normalized spacial score (nSPS) is 13.8. The second kappa shape index (κ2) is 8.88. The summed E-state index contributed by atoms with van der Waals surface area (Å²) in [5.74, 6) is 0.380. The fraction of sp³-hybridized carbons (Fsp3) is 0.733. The number of nitrogens with one attached hydrogen (secondary N) is 2. The van der Waals surface area contributed by atoms with Gasteiger partial charge in [-0.2, -0.15) is 0 Å². The lowest BCUT2D eigenvalue weighted by atomic mass is 9.96. The molecule has 0 saturated heterocycles. The van der Waals surface area contributed by atoms with Gasteiger partial charge in [-0.1, -0.05) is 33.6 Å². The van der Waals surface area contributed by atoms with Gasteiger partial charge in [0.2, 0.25) is 10.0 Å². The van der Waals surface area contributed by atoms with E-state index >= 15 is 0 Å². The minimum atomic E-state index is -3.39. The molecule has 4 nitrogen and oxygen atoms in total. The molecule has 1 rings (SSSR count). The standard InChI is InChI=1S/C15H28N2O2S2/c1-5-10-16-11-14-8-9-15(20-14)21(18,19)17-12(4)13(6-2)7-3/h8-9,12-13,16-17H,5-7,10-11H2,1-4H3. The molecule has 1 aromatic heterocycles. The van der Waals surface area contributed by atoms with Gasteiger partial charge in [-0.3, -0.25) is 0 Å². The molecule has 2 N–H and O–H groups in total. The zero-order valence-electron chi connectivity index (χ0n) is 13.5. The van der Waals surface area contributed by atoms with E-state index in [0.29, 0.717) is 10.1 Å². The van der Waals surface area contributed by atoms with Crippen molar-refractivity contribution in [2.75, 3.05) is 6.54 Å². The summed E-state index contributed by atoms with van der Waals surface area (Å²) in [6, 6.07) is 3.56. The molecule has 1 aromatic rings. The van der Waals surface area contributed by atoms with Crippen molar-refractivity contribution in [3.05, 3.63) is 17.0 Å². The first-order chi connectivity index (χ1) is 9.94.